The van der Waals surface area contributed by atoms with E-state index in [0.29, 0.717) is 12.1 Å². The number of rotatable bonds is 8. The number of aromatic amines is 1. The highest BCUT2D eigenvalue weighted by Crippen LogP contribution is 2.23. The molecule has 0 atom stereocenters. The molecule has 8 heteroatoms. The SMILES string of the molecule is CCc1cccc2c(C(=O)CN(C)Cc3ccc(C(=O)NCC(F)(F)F)cc3)c[nH]c12. The number of amides is 1. The summed E-state index contributed by atoms with van der Waals surface area (Å²) in [5, 5.41) is 2.75. The minimum absolute atomic E-state index is 0.00912. The Bertz CT molecular complexity index is 1070. The molecule has 0 aliphatic heterocycles. The number of H-pyrrole nitrogens is 1. The first-order chi connectivity index (χ1) is 14.7. The largest absolute Gasteiger partial charge is 0.405 e. The number of halogens is 3. The molecule has 0 spiro atoms. The number of Topliss-reactive ketones (excluding diaryl/α,β-unsaturated/α-hetero) is 1. The summed E-state index contributed by atoms with van der Waals surface area (Å²) in [6.07, 6.45) is -1.84. The Balaban J connectivity index is 1.60. The van der Waals surface area contributed by atoms with E-state index in [1.54, 1.807) is 18.3 Å². The van der Waals surface area contributed by atoms with Crippen LogP contribution in [0.2, 0.25) is 0 Å². The Hall–Kier alpha value is -3.13. The molecule has 0 unspecified atom stereocenters. The first-order valence-electron chi connectivity index (χ1n) is 9.92. The highest BCUT2D eigenvalue weighted by atomic mass is 19.4. The number of carbonyl (C=O) groups is 2. The fourth-order valence-electron chi connectivity index (χ4n) is 3.48. The third-order valence-corrected chi connectivity index (χ3v) is 5.01. The minimum Gasteiger partial charge on any atom is -0.360 e. The van der Waals surface area contributed by atoms with E-state index in [1.807, 2.05) is 35.5 Å². The smallest absolute Gasteiger partial charge is 0.360 e. The summed E-state index contributed by atoms with van der Waals surface area (Å²) in [5.74, 6) is -0.789. The first-order valence-corrected chi connectivity index (χ1v) is 9.92. The number of para-hydroxylation sites is 1. The summed E-state index contributed by atoms with van der Waals surface area (Å²) in [6, 6.07) is 12.2. The summed E-state index contributed by atoms with van der Waals surface area (Å²) < 4.78 is 36.7. The van der Waals surface area contributed by atoms with Gasteiger partial charge in [0.15, 0.2) is 5.78 Å². The van der Waals surface area contributed by atoms with Gasteiger partial charge in [-0.1, -0.05) is 37.3 Å². The van der Waals surface area contributed by atoms with Crippen molar-refractivity contribution in [1.29, 1.82) is 0 Å². The second-order valence-electron chi connectivity index (χ2n) is 7.49. The molecule has 1 aromatic heterocycles. The van der Waals surface area contributed by atoms with Gasteiger partial charge in [0, 0.05) is 34.8 Å². The van der Waals surface area contributed by atoms with Gasteiger partial charge in [-0.15, -0.1) is 0 Å². The topological polar surface area (TPSA) is 65.2 Å². The number of likely N-dealkylation sites (N-methyl/N-ethyl adjacent to an activating group) is 1. The van der Waals surface area contributed by atoms with Crippen LogP contribution in [0.4, 0.5) is 13.2 Å². The van der Waals surface area contributed by atoms with Crippen molar-refractivity contribution >= 4 is 22.6 Å². The second kappa shape index (κ2) is 9.34. The van der Waals surface area contributed by atoms with Crippen LogP contribution in [0.1, 0.15) is 38.8 Å². The Kier molecular flexibility index (Phi) is 6.80. The van der Waals surface area contributed by atoms with E-state index < -0.39 is 18.6 Å². The van der Waals surface area contributed by atoms with Gasteiger partial charge in [0.25, 0.3) is 5.91 Å². The molecule has 0 saturated carbocycles. The molecular weight excluding hydrogens is 407 g/mol. The summed E-state index contributed by atoms with van der Waals surface area (Å²) in [4.78, 5) is 29.6. The molecule has 0 saturated heterocycles. The van der Waals surface area contributed by atoms with Gasteiger partial charge in [-0.3, -0.25) is 14.5 Å². The number of hydrogen-bond acceptors (Lipinski definition) is 3. The fourth-order valence-corrected chi connectivity index (χ4v) is 3.48. The lowest BCUT2D eigenvalue weighted by atomic mass is 10.0. The fraction of sp³-hybridized carbons (Fsp3) is 0.304. The molecule has 164 valence electrons. The van der Waals surface area contributed by atoms with Crippen LogP contribution in [0.25, 0.3) is 10.9 Å². The van der Waals surface area contributed by atoms with Crippen molar-refractivity contribution in [2.75, 3.05) is 20.1 Å². The first kappa shape index (κ1) is 22.6. The number of nitrogens with zero attached hydrogens (tertiary/aromatic N) is 1. The van der Waals surface area contributed by atoms with E-state index in [1.165, 1.54) is 12.1 Å². The summed E-state index contributed by atoms with van der Waals surface area (Å²) in [6.45, 7) is 1.36. The number of ketones is 1. The zero-order chi connectivity index (χ0) is 22.6. The molecule has 1 heterocycles. The third kappa shape index (κ3) is 5.73. The molecule has 0 aliphatic carbocycles. The van der Waals surface area contributed by atoms with E-state index in [4.69, 9.17) is 0 Å². The predicted molar refractivity (Wildman–Crippen MR) is 113 cm³/mol. The van der Waals surface area contributed by atoms with Crippen LogP contribution >= 0.6 is 0 Å². The molecule has 2 N–H and O–H groups in total. The molecule has 3 aromatic rings. The van der Waals surface area contributed by atoms with Crippen molar-refractivity contribution in [2.45, 2.75) is 26.1 Å². The number of aromatic nitrogens is 1. The maximum atomic E-state index is 12.8. The zero-order valence-electron chi connectivity index (χ0n) is 17.3. The monoisotopic (exact) mass is 431 g/mol. The van der Waals surface area contributed by atoms with E-state index >= 15 is 0 Å². The molecular formula is C23H24F3N3O2. The highest BCUT2D eigenvalue weighted by molar-refractivity contribution is 6.09. The standard InChI is InChI=1S/C23H24F3N3O2/c1-3-16-5-4-6-18-19(11-27-21(16)18)20(30)13-29(2)12-15-7-9-17(10-8-15)22(31)28-14-23(24,25)26/h4-11,27H,3,12-14H2,1-2H3,(H,28,31). The molecule has 0 fully saturated rings. The number of fused-ring (bicyclic) bond motifs is 1. The van der Waals surface area contributed by atoms with Crippen LogP contribution in [0.15, 0.2) is 48.7 Å². The van der Waals surface area contributed by atoms with Crippen molar-refractivity contribution in [3.63, 3.8) is 0 Å². The van der Waals surface area contributed by atoms with E-state index in [0.717, 1.165) is 28.5 Å². The van der Waals surface area contributed by atoms with E-state index in [9.17, 15) is 22.8 Å². The zero-order valence-corrected chi connectivity index (χ0v) is 17.3. The van der Waals surface area contributed by atoms with Gasteiger partial charge >= 0.3 is 6.18 Å². The molecule has 3 rings (SSSR count). The molecule has 1 amide bonds. The van der Waals surface area contributed by atoms with Crippen LogP contribution in [0.3, 0.4) is 0 Å². The van der Waals surface area contributed by atoms with Crippen molar-refractivity contribution in [3.8, 4) is 0 Å². The van der Waals surface area contributed by atoms with Crippen molar-refractivity contribution in [1.82, 2.24) is 15.2 Å². The Morgan fingerprint density at radius 2 is 1.81 bits per heavy atom. The lowest BCUT2D eigenvalue weighted by molar-refractivity contribution is -0.123. The Morgan fingerprint density at radius 3 is 2.45 bits per heavy atom. The number of hydrogen-bond donors (Lipinski definition) is 2. The molecule has 0 radical (unpaired) electrons. The molecule has 0 aliphatic rings. The minimum atomic E-state index is -4.45. The average molecular weight is 431 g/mol. The Morgan fingerprint density at radius 1 is 1.10 bits per heavy atom. The summed E-state index contributed by atoms with van der Waals surface area (Å²) in [5.41, 5.74) is 3.78. The maximum absolute atomic E-state index is 12.8. The van der Waals surface area contributed by atoms with Crippen LogP contribution in [0, 0.1) is 0 Å². The van der Waals surface area contributed by atoms with E-state index in [2.05, 4.69) is 11.9 Å². The normalized spacial score (nSPS) is 11.8. The number of aryl methyl sites for hydroxylation is 1. The third-order valence-electron chi connectivity index (χ3n) is 5.01. The maximum Gasteiger partial charge on any atom is 0.405 e. The summed E-state index contributed by atoms with van der Waals surface area (Å²) in [7, 11) is 1.81. The van der Waals surface area contributed by atoms with Crippen LogP contribution < -0.4 is 5.32 Å². The molecule has 5 nitrogen and oxygen atoms in total. The van der Waals surface area contributed by atoms with E-state index in [-0.39, 0.29) is 17.9 Å². The van der Waals surface area contributed by atoms with Gasteiger partial charge < -0.3 is 10.3 Å². The highest BCUT2D eigenvalue weighted by Gasteiger charge is 2.27. The van der Waals surface area contributed by atoms with Gasteiger partial charge in [0.05, 0.1) is 6.54 Å². The number of alkyl halides is 3. The lowest BCUT2D eigenvalue weighted by Crippen LogP contribution is -2.33. The van der Waals surface area contributed by atoms with Gasteiger partial charge in [0.1, 0.15) is 6.54 Å². The quantitative estimate of drug-likeness (QED) is 0.522. The van der Waals surface area contributed by atoms with Gasteiger partial charge in [0.2, 0.25) is 0 Å². The molecule has 31 heavy (non-hydrogen) atoms. The van der Waals surface area contributed by atoms with Crippen LogP contribution in [-0.2, 0) is 13.0 Å². The van der Waals surface area contributed by atoms with Gasteiger partial charge in [-0.25, -0.2) is 0 Å². The van der Waals surface area contributed by atoms with Crippen molar-refractivity contribution in [2.24, 2.45) is 0 Å². The molecule has 0 bridgehead atoms. The van der Waals surface area contributed by atoms with Crippen LogP contribution in [-0.4, -0.2) is 47.9 Å². The van der Waals surface area contributed by atoms with Crippen molar-refractivity contribution < 1.29 is 22.8 Å². The van der Waals surface area contributed by atoms with Crippen LogP contribution in [0.5, 0.6) is 0 Å². The number of benzene rings is 2. The Labute approximate surface area is 178 Å². The number of carbonyl (C=O) groups excluding carboxylic acids is 2. The average Bonchev–Trinajstić information content (AvgIpc) is 3.16. The van der Waals surface area contributed by atoms with Gasteiger partial charge in [-0.05, 0) is 36.7 Å². The molecule has 2 aromatic carbocycles. The predicted octanol–water partition coefficient (Wildman–Crippen LogP) is 4.34. The van der Waals surface area contributed by atoms with Crippen molar-refractivity contribution in [3.05, 3.63) is 70.9 Å². The number of nitrogens with one attached hydrogen (secondary N) is 2. The summed E-state index contributed by atoms with van der Waals surface area (Å²) >= 11 is 0. The second-order valence-corrected chi connectivity index (χ2v) is 7.49. The van der Waals surface area contributed by atoms with Gasteiger partial charge in [-0.2, -0.15) is 13.2 Å². The lowest BCUT2D eigenvalue weighted by Gasteiger charge is -2.16.